The van der Waals surface area contributed by atoms with E-state index >= 15 is 0 Å². The van der Waals surface area contributed by atoms with Crippen molar-refractivity contribution in [1.82, 2.24) is 10.6 Å². The Labute approximate surface area is 87.6 Å². The number of unbranched alkanes of at least 4 members (excludes halogenated alkanes) is 1. The highest BCUT2D eigenvalue weighted by atomic mass is 16.5. The highest BCUT2D eigenvalue weighted by Crippen LogP contribution is 2.18. The van der Waals surface area contributed by atoms with Crippen LogP contribution < -0.4 is 10.6 Å². The summed E-state index contributed by atoms with van der Waals surface area (Å²) < 4.78 is 5.14. The van der Waals surface area contributed by atoms with Crippen LogP contribution in [0.5, 0.6) is 0 Å². The molecule has 0 radical (unpaired) electrons. The van der Waals surface area contributed by atoms with Crippen molar-refractivity contribution in [3.63, 3.8) is 0 Å². The van der Waals surface area contributed by atoms with Crippen LogP contribution in [0, 0.1) is 0 Å². The van der Waals surface area contributed by atoms with Crippen LogP contribution >= 0.6 is 0 Å². The van der Waals surface area contributed by atoms with E-state index in [1.165, 1.54) is 32.2 Å². The van der Waals surface area contributed by atoms with Gasteiger partial charge in [0.05, 0.1) is 6.10 Å². The summed E-state index contributed by atoms with van der Waals surface area (Å²) in [7, 11) is 1.76. The maximum atomic E-state index is 5.14. The van der Waals surface area contributed by atoms with Crippen LogP contribution in [0.4, 0.5) is 0 Å². The SMILES string of the molecule is COC(C)CNCCCCNC1CC1. The molecule has 84 valence electrons. The zero-order valence-electron chi connectivity index (χ0n) is 9.51. The molecule has 1 aliphatic rings. The third kappa shape index (κ3) is 6.35. The van der Waals surface area contributed by atoms with Gasteiger partial charge < -0.3 is 15.4 Å². The number of methoxy groups -OCH3 is 1. The molecule has 0 aromatic carbocycles. The molecule has 1 aliphatic carbocycles. The van der Waals surface area contributed by atoms with Crippen molar-refractivity contribution in [3.8, 4) is 0 Å². The molecule has 0 aromatic rings. The summed E-state index contributed by atoms with van der Waals surface area (Å²) in [5.74, 6) is 0. The highest BCUT2D eigenvalue weighted by Gasteiger charge is 2.19. The lowest BCUT2D eigenvalue weighted by atomic mass is 10.3. The first-order valence-corrected chi connectivity index (χ1v) is 5.80. The largest absolute Gasteiger partial charge is 0.380 e. The van der Waals surface area contributed by atoms with E-state index in [-0.39, 0.29) is 0 Å². The van der Waals surface area contributed by atoms with Crippen molar-refractivity contribution in [2.24, 2.45) is 0 Å². The summed E-state index contributed by atoms with van der Waals surface area (Å²) in [6, 6.07) is 0.858. The minimum atomic E-state index is 0.333. The van der Waals surface area contributed by atoms with E-state index in [0.29, 0.717) is 6.10 Å². The summed E-state index contributed by atoms with van der Waals surface area (Å²) in [6.45, 7) is 5.35. The zero-order valence-corrected chi connectivity index (χ0v) is 9.51. The average Bonchev–Trinajstić information content (AvgIpc) is 2.99. The second-order valence-corrected chi connectivity index (χ2v) is 4.19. The molecule has 1 saturated carbocycles. The number of rotatable bonds is 9. The van der Waals surface area contributed by atoms with Crippen LogP contribution in [0.1, 0.15) is 32.6 Å². The molecule has 0 bridgehead atoms. The van der Waals surface area contributed by atoms with Gasteiger partial charge in [0.2, 0.25) is 0 Å². The number of nitrogens with one attached hydrogen (secondary N) is 2. The van der Waals surface area contributed by atoms with Crippen molar-refractivity contribution in [2.45, 2.75) is 44.8 Å². The van der Waals surface area contributed by atoms with Crippen molar-refractivity contribution in [2.75, 3.05) is 26.7 Å². The Kier molecular flexibility index (Phi) is 6.15. The molecule has 1 rings (SSSR count). The van der Waals surface area contributed by atoms with Crippen molar-refractivity contribution in [3.05, 3.63) is 0 Å². The van der Waals surface area contributed by atoms with E-state index in [1.54, 1.807) is 7.11 Å². The molecule has 0 spiro atoms. The third-order valence-electron chi connectivity index (χ3n) is 2.62. The first-order valence-electron chi connectivity index (χ1n) is 5.80. The van der Waals surface area contributed by atoms with E-state index in [0.717, 1.165) is 19.1 Å². The molecule has 0 saturated heterocycles. The maximum absolute atomic E-state index is 5.14. The van der Waals surface area contributed by atoms with Crippen LogP contribution in [0.2, 0.25) is 0 Å². The van der Waals surface area contributed by atoms with Crippen molar-refractivity contribution in [1.29, 1.82) is 0 Å². The fourth-order valence-electron chi connectivity index (χ4n) is 1.36. The summed E-state index contributed by atoms with van der Waals surface area (Å²) in [5, 5.41) is 6.90. The van der Waals surface area contributed by atoms with Gasteiger partial charge in [-0.25, -0.2) is 0 Å². The van der Waals surface area contributed by atoms with Gasteiger partial charge in [0.25, 0.3) is 0 Å². The Bertz CT molecular complexity index is 137. The minimum Gasteiger partial charge on any atom is -0.380 e. The predicted octanol–water partition coefficient (Wildman–Crippen LogP) is 1.14. The maximum Gasteiger partial charge on any atom is 0.0667 e. The molecule has 0 aliphatic heterocycles. The Morgan fingerprint density at radius 2 is 2.00 bits per heavy atom. The van der Waals surface area contributed by atoms with E-state index < -0.39 is 0 Å². The molecular weight excluding hydrogens is 176 g/mol. The molecule has 2 N–H and O–H groups in total. The van der Waals surface area contributed by atoms with Crippen LogP contribution in [0.3, 0.4) is 0 Å². The lowest BCUT2D eigenvalue weighted by molar-refractivity contribution is 0.117. The van der Waals surface area contributed by atoms with Crippen LogP contribution in [0.15, 0.2) is 0 Å². The Morgan fingerprint density at radius 1 is 1.29 bits per heavy atom. The van der Waals surface area contributed by atoms with Gasteiger partial charge >= 0.3 is 0 Å². The van der Waals surface area contributed by atoms with Gasteiger partial charge in [0.15, 0.2) is 0 Å². The van der Waals surface area contributed by atoms with Gasteiger partial charge in [0, 0.05) is 19.7 Å². The van der Waals surface area contributed by atoms with E-state index in [4.69, 9.17) is 4.74 Å². The van der Waals surface area contributed by atoms with E-state index in [2.05, 4.69) is 17.6 Å². The predicted molar refractivity (Wildman–Crippen MR) is 59.6 cm³/mol. The molecule has 1 atom stereocenters. The molecular formula is C11H24N2O. The number of hydrogen-bond donors (Lipinski definition) is 2. The summed E-state index contributed by atoms with van der Waals surface area (Å²) >= 11 is 0. The number of ether oxygens (including phenoxy) is 1. The summed E-state index contributed by atoms with van der Waals surface area (Å²) in [5.41, 5.74) is 0. The standard InChI is InChI=1S/C11H24N2O/c1-10(14-2)9-12-7-3-4-8-13-11-5-6-11/h10-13H,3-9H2,1-2H3. The molecule has 1 unspecified atom stereocenters. The lowest BCUT2D eigenvalue weighted by Gasteiger charge is -2.10. The Morgan fingerprint density at radius 3 is 2.64 bits per heavy atom. The monoisotopic (exact) mass is 200 g/mol. The fraction of sp³-hybridized carbons (Fsp3) is 1.00. The second kappa shape index (κ2) is 7.21. The van der Waals surface area contributed by atoms with Gasteiger partial charge in [-0.15, -0.1) is 0 Å². The lowest BCUT2D eigenvalue weighted by Crippen LogP contribution is -2.27. The average molecular weight is 200 g/mol. The quantitative estimate of drug-likeness (QED) is 0.548. The first kappa shape index (κ1) is 12.0. The van der Waals surface area contributed by atoms with Crippen molar-refractivity contribution >= 4 is 0 Å². The van der Waals surface area contributed by atoms with E-state index in [1.807, 2.05) is 0 Å². The molecule has 0 amide bonds. The Hall–Kier alpha value is -0.120. The third-order valence-corrected chi connectivity index (χ3v) is 2.62. The van der Waals surface area contributed by atoms with Crippen LogP contribution in [0.25, 0.3) is 0 Å². The van der Waals surface area contributed by atoms with E-state index in [9.17, 15) is 0 Å². The smallest absolute Gasteiger partial charge is 0.0667 e. The topological polar surface area (TPSA) is 33.3 Å². The highest BCUT2D eigenvalue weighted by molar-refractivity contribution is 4.80. The molecule has 1 fully saturated rings. The van der Waals surface area contributed by atoms with Crippen molar-refractivity contribution < 1.29 is 4.74 Å². The molecule has 3 heteroatoms. The second-order valence-electron chi connectivity index (χ2n) is 4.19. The molecule has 3 nitrogen and oxygen atoms in total. The van der Waals surface area contributed by atoms with Gasteiger partial charge in [-0.1, -0.05) is 0 Å². The summed E-state index contributed by atoms with van der Waals surface area (Å²) in [6.07, 6.45) is 5.66. The molecule has 14 heavy (non-hydrogen) atoms. The normalized spacial score (nSPS) is 18.4. The number of hydrogen-bond acceptors (Lipinski definition) is 3. The molecule has 0 aromatic heterocycles. The minimum absolute atomic E-state index is 0.333. The van der Waals surface area contributed by atoms with Crippen LogP contribution in [-0.2, 0) is 4.74 Å². The van der Waals surface area contributed by atoms with Gasteiger partial charge in [-0.3, -0.25) is 0 Å². The first-order chi connectivity index (χ1) is 6.83. The van der Waals surface area contributed by atoms with Gasteiger partial charge in [0.1, 0.15) is 0 Å². The van der Waals surface area contributed by atoms with Gasteiger partial charge in [-0.05, 0) is 45.7 Å². The summed E-state index contributed by atoms with van der Waals surface area (Å²) in [4.78, 5) is 0. The van der Waals surface area contributed by atoms with Gasteiger partial charge in [-0.2, -0.15) is 0 Å². The van der Waals surface area contributed by atoms with Crippen LogP contribution in [-0.4, -0.2) is 38.9 Å². The molecule has 0 heterocycles. The Balaban J connectivity index is 1.70. The zero-order chi connectivity index (χ0) is 10.2. The fourth-order valence-corrected chi connectivity index (χ4v) is 1.36.